The van der Waals surface area contributed by atoms with Gasteiger partial charge in [-0.15, -0.1) is 0 Å². The van der Waals surface area contributed by atoms with E-state index in [0.717, 1.165) is 11.4 Å². The van der Waals surface area contributed by atoms with Crippen molar-refractivity contribution in [3.8, 4) is 0 Å². The molecule has 0 atom stereocenters. The predicted octanol–water partition coefficient (Wildman–Crippen LogP) is 2.57. The molecule has 7 nitrogen and oxygen atoms in total. The Labute approximate surface area is 127 Å². The molecule has 116 valence electrons. The first-order chi connectivity index (χ1) is 10.4. The van der Waals surface area contributed by atoms with Crippen LogP contribution in [0.25, 0.3) is 0 Å². The van der Waals surface area contributed by atoms with Crippen LogP contribution in [0.5, 0.6) is 0 Å². The first kappa shape index (κ1) is 15.7. The molecule has 1 aromatic carbocycles. The van der Waals surface area contributed by atoms with E-state index in [1.165, 1.54) is 25.1 Å². The second-order valence-electron chi connectivity index (χ2n) is 4.99. The number of ether oxygens (including phenoxy) is 1. The van der Waals surface area contributed by atoms with E-state index in [4.69, 9.17) is 4.74 Å². The number of carbonyl (C=O) groups excluding carboxylic acids is 1. The molecule has 2 rings (SSSR count). The quantitative estimate of drug-likeness (QED) is 0.481. The van der Waals surface area contributed by atoms with Crippen molar-refractivity contribution in [2.75, 3.05) is 6.61 Å². The minimum atomic E-state index is -0.567. The van der Waals surface area contributed by atoms with Crippen LogP contribution in [0.15, 0.2) is 24.3 Å². The molecule has 0 aliphatic rings. The van der Waals surface area contributed by atoms with Gasteiger partial charge in [0.1, 0.15) is 6.61 Å². The second-order valence-corrected chi connectivity index (χ2v) is 4.99. The van der Waals surface area contributed by atoms with Crippen LogP contribution in [0.2, 0.25) is 0 Å². The van der Waals surface area contributed by atoms with Crippen molar-refractivity contribution < 1.29 is 14.5 Å². The van der Waals surface area contributed by atoms with E-state index < -0.39 is 10.9 Å². The van der Waals surface area contributed by atoms with Gasteiger partial charge in [-0.2, -0.15) is 5.10 Å². The Kier molecular flexibility index (Phi) is 4.55. The SMILES string of the molecule is Cc1cc(C)n(CCOC(=O)c2cccc([N+](=O)[O-])c2C)n1. The van der Waals surface area contributed by atoms with Crippen LogP contribution in [-0.4, -0.2) is 27.3 Å². The predicted molar refractivity (Wildman–Crippen MR) is 79.8 cm³/mol. The van der Waals surface area contributed by atoms with Crippen molar-refractivity contribution in [1.29, 1.82) is 0 Å². The lowest BCUT2D eigenvalue weighted by molar-refractivity contribution is -0.385. The number of carbonyl (C=O) groups is 1. The van der Waals surface area contributed by atoms with Gasteiger partial charge in [0.25, 0.3) is 5.69 Å². The number of nitro benzene ring substituents is 1. The van der Waals surface area contributed by atoms with E-state index in [0.29, 0.717) is 12.1 Å². The third kappa shape index (κ3) is 3.30. The lowest BCUT2D eigenvalue weighted by Gasteiger charge is -2.08. The summed E-state index contributed by atoms with van der Waals surface area (Å²) in [4.78, 5) is 22.4. The Bertz CT molecular complexity index is 722. The number of hydrogen-bond donors (Lipinski definition) is 0. The van der Waals surface area contributed by atoms with Gasteiger partial charge in [0.05, 0.1) is 22.7 Å². The van der Waals surface area contributed by atoms with Gasteiger partial charge in [-0.1, -0.05) is 6.07 Å². The van der Waals surface area contributed by atoms with E-state index in [1.807, 2.05) is 19.9 Å². The third-order valence-corrected chi connectivity index (χ3v) is 3.36. The summed E-state index contributed by atoms with van der Waals surface area (Å²) in [6.07, 6.45) is 0. The number of nitro groups is 1. The first-order valence-corrected chi connectivity index (χ1v) is 6.82. The molecule has 0 saturated carbocycles. The van der Waals surface area contributed by atoms with Crippen molar-refractivity contribution in [2.45, 2.75) is 27.3 Å². The maximum atomic E-state index is 12.0. The summed E-state index contributed by atoms with van der Waals surface area (Å²) >= 11 is 0. The molecule has 0 aliphatic heterocycles. The highest BCUT2D eigenvalue weighted by Gasteiger charge is 2.18. The number of benzene rings is 1. The maximum absolute atomic E-state index is 12.0. The van der Waals surface area contributed by atoms with Crippen molar-refractivity contribution >= 4 is 11.7 Å². The molecule has 0 bridgehead atoms. The Balaban J connectivity index is 2.02. The van der Waals surface area contributed by atoms with Gasteiger partial charge >= 0.3 is 5.97 Å². The molecule has 0 amide bonds. The van der Waals surface area contributed by atoms with Crippen molar-refractivity contribution in [3.63, 3.8) is 0 Å². The largest absolute Gasteiger partial charge is 0.460 e. The highest BCUT2D eigenvalue weighted by Crippen LogP contribution is 2.21. The van der Waals surface area contributed by atoms with Gasteiger partial charge in [0, 0.05) is 17.3 Å². The number of esters is 1. The second kappa shape index (κ2) is 6.38. The van der Waals surface area contributed by atoms with Crippen LogP contribution in [0.4, 0.5) is 5.69 Å². The summed E-state index contributed by atoms with van der Waals surface area (Å²) in [5.41, 5.74) is 2.32. The number of aromatic nitrogens is 2. The number of hydrogen-bond acceptors (Lipinski definition) is 5. The lowest BCUT2D eigenvalue weighted by atomic mass is 10.1. The Morgan fingerprint density at radius 3 is 2.68 bits per heavy atom. The minimum Gasteiger partial charge on any atom is -0.460 e. The summed E-state index contributed by atoms with van der Waals surface area (Å²) in [5, 5.41) is 15.1. The lowest BCUT2D eigenvalue weighted by Crippen LogP contribution is -2.14. The van der Waals surface area contributed by atoms with E-state index in [1.54, 1.807) is 4.68 Å². The third-order valence-electron chi connectivity index (χ3n) is 3.36. The van der Waals surface area contributed by atoms with Crippen LogP contribution >= 0.6 is 0 Å². The fraction of sp³-hybridized carbons (Fsp3) is 0.333. The van der Waals surface area contributed by atoms with Gasteiger partial charge in [0.2, 0.25) is 0 Å². The molecule has 2 aromatic rings. The molecule has 0 unspecified atom stereocenters. The number of rotatable bonds is 5. The summed E-state index contributed by atoms with van der Waals surface area (Å²) in [7, 11) is 0. The molecule has 0 aliphatic carbocycles. The summed E-state index contributed by atoms with van der Waals surface area (Å²) in [6, 6.07) is 6.30. The van der Waals surface area contributed by atoms with E-state index in [9.17, 15) is 14.9 Å². The topological polar surface area (TPSA) is 87.3 Å². The van der Waals surface area contributed by atoms with Gasteiger partial charge in [0.15, 0.2) is 0 Å². The molecular weight excluding hydrogens is 286 g/mol. The number of aryl methyl sites for hydroxylation is 2. The minimum absolute atomic E-state index is 0.0898. The highest BCUT2D eigenvalue weighted by molar-refractivity contribution is 5.92. The van der Waals surface area contributed by atoms with Crippen LogP contribution in [0.3, 0.4) is 0 Å². The zero-order valence-corrected chi connectivity index (χ0v) is 12.7. The zero-order valence-electron chi connectivity index (χ0n) is 12.7. The van der Waals surface area contributed by atoms with Gasteiger partial charge < -0.3 is 4.74 Å². The van der Waals surface area contributed by atoms with Crippen molar-refractivity contribution in [3.05, 3.63) is 56.9 Å². The molecule has 22 heavy (non-hydrogen) atoms. The van der Waals surface area contributed by atoms with Crippen LogP contribution in [-0.2, 0) is 11.3 Å². The van der Waals surface area contributed by atoms with Crippen molar-refractivity contribution in [1.82, 2.24) is 9.78 Å². The fourth-order valence-corrected chi connectivity index (χ4v) is 2.25. The Hall–Kier alpha value is -2.70. The molecule has 7 heteroatoms. The van der Waals surface area contributed by atoms with Crippen molar-refractivity contribution in [2.24, 2.45) is 0 Å². The smallest absolute Gasteiger partial charge is 0.338 e. The van der Waals surface area contributed by atoms with Gasteiger partial charge in [-0.25, -0.2) is 4.79 Å². The van der Waals surface area contributed by atoms with Crippen LogP contribution < -0.4 is 0 Å². The first-order valence-electron chi connectivity index (χ1n) is 6.82. The molecule has 0 N–H and O–H groups in total. The summed E-state index contributed by atoms with van der Waals surface area (Å²) < 4.78 is 6.94. The molecule has 1 aromatic heterocycles. The zero-order chi connectivity index (χ0) is 16.3. The molecule has 0 radical (unpaired) electrons. The molecule has 0 spiro atoms. The molecular formula is C15H17N3O4. The number of nitrogens with zero attached hydrogens (tertiary/aromatic N) is 3. The standard InChI is InChI=1S/C15H17N3O4/c1-10-9-11(2)17(16-10)7-8-22-15(19)13-5-4-6-14(12(13)3)18(20)21/h4-6,9H,7-8H2,1-3H3. The Morgan fingerprint density at radius 1 is 1.36 bits per heavy atom. The normalized spacial score (nSPS) is 10.5. The summed E-state index contributed by atoms with van der Waals surface area (Å²) in [5.74, 6) is -0.567. The summed E-state index contributed by atoms with van der Waals surface area (Å²) in [6.45, 7) is 5.95. The maximum Gasteiger partial charge on any atom is 0.338 e. The van der Waals surface area contributed by atoms with Gasteiger partial charge in [-0.3, -0.25) is 14.8 Å². The molecule has 0 fully saturated rings. The van der Waals surface area contributed by atoms with Crippen LogP contribution in [0.1, 0.15) is 27.3 Å². The average Bonchev–Trinajstić information content (AvgIpc) is 2.76. The molecule has 0 saturated heterocycles. The highest BCUT2D eigenvalue weighted by atomic mass is 16.6. The fourth-order valence-electron chi connectivity index (χ4n) is 2.25. The van der Waals surface area contributed by atoms with Gasteiger partial charge in [-0.05, 0) is 32.9 Å². The Morgan fingerprint density at radius 2 is 2.09 bits per heavy atom. The van der Waals surface area contributed by atoms with E-state index in [-0.39, 0.29) is 17.9 Å². The molecule has 1 heterocycles. The monoisotopic (exact) mass is 303 g/mol. The van der Waals surface area contributed by atoms with E-state index in [2.05, 4.69) is 5.10 Å². The van der Waals surface area contributed by atoms with Crippen LogP contribution in [0, 0.1) is 30.9 Å². The average molecular weight is 303 g/mol. The van der Waals surface area contributed by atoms with E-state index >= 15 is 0 Å².